The summed E-state index contributed by atoms with van der Waals surface area (Å²) in [7, 11) is 1.31. The van der Waals surface area contributed by atoms with Crippen LogP contribution < -0.4 is 15.2 Å². The Bertz CT molecular complexity index is 506. The van der Waals surface area contributed by atoms with Crippen molar-refractivity contribution >= 4 is 5.97 Å². The molecule has 0 aliphatic rings. The van der Waals surface area contributed by atoms with Crippen molar-refractivity contribution in [3.05, 3.63) is 17.3 Å². The van der Waals surface area contributed by atoms with Crippen LogP contribution in [0.15, 0.2) is 6.07 Å². The van der Waals surface area contributed by atoms with Crippen LogP contribution in [0.2, 0.25) is 0 Å². The summed E-state index contributed by atoms with van der Waals surface area (Å²) in [4.78, 5) is 15.1. The van der Waals surface area contributed by atoms with Gasteiger partial charge in [0, 0.05) is 12.1 Å². The molecule has 0 saturated carbocycles. The highest BCUT2D eigenvalue weighted by Crippen LogP contribution is 2.30. The summed E-state index contributed by atoms with van der Waals surface area (Å²) < 4.78 is 50.6. The minimum atomic E-state index is -4.93. The Hall–Kier alpha value is -2.03. The number of nitrogens with two attached hydrogens (primary N) is 1. The van der Waals surface area contributed by atoms with Gasteiger partial charge in [-0.05, 0) is 13.0 Å². The van der Waals surface area contributed by atoms with Gasteiger partial charge in [-0.25, -0.2) is 4.98 Å². The zero-order valence-corrected chi connectivity index (χ0v) is 11.5. The van der Waals surface area contributed by atoms with Gasteiger partial charge in [-0.2, -0.15) is 0 Å². The van der Waals surface area contributed by atoms with Gasteiger partial charge in [0.05, 0.1) is 25.8 Å². The maximum Gasteiger partial charge on any atom is 0.574 e. The fourth-order valence-corrected chi connectivity index (χ4v) is 1.57. The van der Waals surface area contributed by atoms with Gasteiger partial charge in [0.2, 0.25) is 5.88 Å². The van der Waals surface area contributed by atoms with Crippen LogP contribution in [0.3, 0.4) is 0 Å². The van der Waals surface area contributed by atoms with Crippen LogP contribution in [0.4, 0.5) is 13.2 Å². The molecule has 0 radical (unpaired) electrons. The number of pyridine rings is 1. The molecule has 21 heavy (non-hydrogen) atoms. The van der Waals surface area contributed by atoms with Crippen molar-refractivity contribution < 1.29 is 32.2 Å². The van der Waals surface area contributed by atoms with Crippen LogP contribution in [-0.2, 0) is 22.5 Å². The second kappa shape index (κ2) is 7.11. The number of alkyl halides is 3. The van der Waals surface area contributed by atoms with E-state index in [9.17, 15) is 18.0 Å². The molecule has 1 rings (SSSR count). The van der Waals surface area contributed by atoms with Gasteiger partial charge in [0.25, 0.3) is 0 Å². The SMILES string of the molecule is CCOC(=O)Cc1cc(OC)c(CN)nc1OC(F)(F)F. The molecule has 0 fully saturated rings. The van der Waals surface area contributed by atoms with Crippen LogP contribution in [0.1, 0.15) is 18.2 Å². The summed E-state index contributed by atoms with van der Waals surface area (Å²) >= 11 is 0. The Morgan fingerprint density at radius 1 is 1.43 bits per heavy atom. The first-order valence-corrected chi connectivity index (χ1v) is 5.99. The number of aromatic nitrogens is 1. The minimum absolute atomic E-state index is 0.0874. The van der Waals surface area contributed by atoms with E-state index in [4.69, 9.17) is 15.2 Å². The molecule has 0 aliphatic carbocycles. The van der Waals surface area contributed by atoms with E-state index in [2.05, 4.69) is 9.72 Å². The number of carbonyl (C=O) groups is 1. The average Bonchev–Trinajstić information content (AvgIpc) is 2.38. The van der Waals surface area contributed by atoms with E-state index in [0.717, 1.165) is 0 Å². The van der Waals surface area contributed by atoms with E-state index >= 15 is 0 Å². The highest BCUT2D eigenvalue weighted by atomic mass is 19.4. The van der Waals surface area contributed by atoms with Gasteiger partial charge in [-0.15, -0.1) is 13.2 Å². The second-order valence-electron chi connectivity index (χ2n) is 3.84. The highest BCUT2D eigenvalue weighted by Gasteiger charge is 2.33. The van der Waals surface area contributed by atoms with Crippen molar-refractivity contribution in [2.75, 3.05) is 13.7 Å². The van der Waals surface area contributed by atoms with Crippen LogP contribution in [0.25, 0.3) is 0 Å². The summed E-state index contributed by atoms with van der Waals surface area (Å²) in [6.07, 6.45) is -5.36. The maximum absolute atomic E-state index is 12.4. The van der Waals surface area contributed by atoms with Gasteiger partial charge in [-0.1, -0.05) is 0 Å². The third-order valence-electron chi connectivity index (χ3n) is 2.37. The van der Waals surface area contributed by atoms with E-state index in [-0.39, 0.29) is 30.2 Å². The molecule has 0 aliphatic heterocycles. The van der Waals surface area contributed by atoms with Crippen molar-refractivity contribution in [2.45, 2.75) is 26.3 Å². The second-order valence-corrected chi connectivity index (χ2v) is 3.84. The van der Waals surface area contributed by atoms with Crippen LogP contribution in [-0.4, -0.2) is 31.0 Å². The molecule has 0 amide bonds. The third-order valence-corrected chi connectivity index (χ3v) is 2.37. The third kappa shape index (κ3) is 5.10. The summed E-state index contributed by atoms with van der Waals surface area (Å²) in [5.74, 6) is -1.27. The number of hydrogen-bond acceptors (Lipinski definition) is 6. The molecule has 9 heteroatoms. The van der Waals surface area contributed by atoms with Gasteiger partial charge in [0.15, 0.2) is 0 Å². The minimum Gasteiger partial charge on any atom is -0.495 e. The summed E-state index contributed by atoms with van der Waals surface area (Å²) in [5, 5.41) is 0. The number of esters is 1. The Kier molecular flexibility index (Phi) is 5.77. The van der Waals surface area contributed by atoms with E-state index in [1.165, 1.54) is 13.2 Å². The molecular weight excluding hydrogens is 293 g/mol. The summed E-state index contributed by atoms with van der Waals surface area (Å²) in [6, 6.07) is 1.23. The Labute approximate surface area is 119 Å². The van der Waals surface area contributed by atoms with Crippen molar-refractivity contribution in [1.82, 2.24) is 4.98 Å². The van der Waals surface area contributed by atoms with E-state index in [1.807, 2.05) is 0 Å². The molecule has 0 aromatic carbocycles. The van der Waals surface area contributed by atoms with Gasteiger partial charge in [-0.3, -0.25) is 4.79 Å². The molecular formula is C12H15F3N2O4. The van der Waals surface area contributed by atoms with Crippen molar-refractivity contribution in [3.63, 3.8) is 0 Å². The molecule has 0 unspecified atom stereocenters. The van der Waals surface area contributed by atoms with Crippen LogP contribution in [0, 0.1) is 0 Å². The molecule has 2 N–H and O–H groups in total. The zero-order chi connectivity index (χ0) is 16.0. The van der Waals surface area contributed by atoms with Gasteiger partial charge >= 0.3 is 12.3 Å². The Balaban J connectivity index is 3.19. The summed E-state index contributed by atoms with van der Waals surface area (Å²) in [5.41, 5.74) is 5.38. The fourth-order valence-electron chi connectivity index (χ4n) is 1.57. The number of rotatable bonds is 6. The molecule has 1 aromatic rings. The predicted molar refractivity (Wildman–Crippen MR) is 65.7 cm³/mol. The number of nitrogens with zero attached hydrogens (tertiary/aromatic N) is 1. The first-order chi connectivity index (χ1) is 9.80. The lowest BCUT2D eigenvalue weighted by Gasteiger charge is -2.15. The van der Waals surface area contributed by atoms with Gasteiger partial charge in [0.1, 0.15) is 5.75 Å². The van der Waals surface area contributed by atoms with E-state index < -0.39 is 24.6 Å². The number of ether oxygens (including phenoxy) is 3. The van der Waals surface area contributed by atoms with Crippen molar-refractivity contribution in [1.29, 1.82) is 0 Å². The predicted octanol–water partition coefficient (Wildman–Crippen LogP) is 1.55. The average molecular weight is 308 g/mol. The monoisotopic (exact) mass is 308 g/mol. The molecule has 6 nitrogen and oxygen atoms in total. The van der Waals surface area contributed by atoms with E-state index in [0.29, 0.717) is 0 Å². The Morgan fingerprint density at radius 2 is 2.10 bits per heavy atom. The van der Waals surface area contributed by atoms with Crippen molar-refractivity contribution in [2.24, 2.45) is 5.73 Å². The number of halogens is 3. The lowest BCUT2D eigenvalue weighted by atomic mass is 10.1. The standard InChI is InChI=1S/C12H15F3N2O4/c1-3-20-10(18)5-7-4-9(19-2)8(6-16)17-11(7)21-12(13,14)15/h4H,3,5-6,16H2,1-2H3. The maximum atomic E-state index is 12.4. The van der Waals surface area contributed by atoms with Crippen molar-refractivity contribution in [3.8, 4) is 11.6 Å². The van der Waals surface area contributed by atoms with Crippen LogP contribution in [0.5, 0.6) is 11.6 Å². The van der Waals surface area contributed by atoms with Gasteiger partial charge < -0.3 is 19.9 Å². The molecule has 0 spiro atoms. The fraction of sp³-hybridized carbons (Fsp3) is 0.500. The normalized spacial score (nSPS) is 11.1. The molecule has 118 valence electrons. The number of methoxy groups -OCH3 is 1. The largest absolute Gasteiger partial charge is 0.574 e. The summed E-state index contributed by atoms with van der Waals surface area (Å²) in [6.45, 7) is 1.55. The van der Waals surface area contributed by atoms with Crippen LogP contribution >= 0.6 is 0 Å². The first-order valence-electron chi connectivity index (χ1n) is 5.99. The molecule has 0 atom stereocenters. The number of carbonyl (C=O) groups excluding carboxylic acids is 1. The first kappa shape index (κ1) is 17.0. The Morgan fingerprint density at radius 3 is 2.57 bits per heavy atom. The quantitative estimate of drug-likeness (QED) is 0.803. The molecule has 1 aromatic heterocycles. The lowest BCUT2D eigenvalue weighted by Crippen LogP contribution is -2.21. The molecule has 1 heterocycles. The molecule has 0 bridgehead atoms. The molecule has 0 saturated heterocycles. The highest BCUT2D eigenvalue weighted by molar-refractivity contribution is 5.73. The topological polar surface area (TPSA) is 83.7 Å². The smallest absolute Gasteiger partial charge is 0.495 e. The lowest BCUT2D eigenvalue weighted by molar-refractivity contribution is -0.276. The zero-order valence-electron chi connectivity index (χ0n) is 11.5. The van der Waals surface area contributed by atoms with E-state index in [1.54, 1.807) is 6.92 Å². The number of hydrogen-bond donors (Lipinski definition) is 1.